The monoisotopic (exact) mass is 187 g/mol. The lowest BCUT2D eigenvalue weighted by Gasteiger charge is -2.03. The minimum absolute atomic E-state index is 0.0550. The molecule has 1 rings (SSSR count). The van der Waals surface area contributed by atoms with E-state index in [1.807, 2.05) is 0 Å². The number of aromatic nitrogens is 1. The van der Waals surface area contributed by atoms with Gasteiger partial charge < -0.3 is 4.98 Å². The van der Waals surface area contributed by atoms with E-state index in [1.165, 1.54) is 6.92 Å². The zero-order valence-corrected chi connectivity index (χ0v) is 6.80. The molecule has 0 saturated heterocycles. The summed E-state index contributed by atoms with van der Waals surface area (Å²) in [5.74, 6) is 0. The lowest BCUT2D eigenvalue weighted by atomic mass is 10.1. The molecule has 0 aliphatic rings. The maximum absolute atomic E-state index is 12.3. The van der Waals surface area contributed by atoms with Crippen LogP contribution in [0.1, 0.15) is 28.0 Å². The van der Waals surface area contributed by atoms with Gasteiger partial charge in [-0.2, -0.15) is 0 Å². The Hall–Kier alpha value is -1.52. The van der Waals surface area contributed by atoms with Crippen LogP contribution in [0.25, 0.3) is 0 Å². The highest BCUT2D eigenvalue weighted by Gasteiger charge is 2.13. The van der Waals surface area contributed by atoms with E-state index < -0.39 is 17.5 Å². The number of aromatic amines is 1. The quantitative estimate of drug-likeness (QED) is 0.712. The SMILES string of the molecule is Cc1c(C(F)F)cc(C=O)[nH]c1=O. The second-order valence-electron chi connectivity index (χ2n) is 2.55. The Morgan fingerprint density at radius 3 is 2.62 bits per heavy atom. The van der Waals surface area contributed by atoms with Gasteiger partial charge in [-0.3, -0.25) is 9.59 Å². The number of nitrogens with one attached hydrogen (secondary N) is 1. The Labute approximate surface area is 72.4 Å². The average Bonchev–Trinajstić information content (AvgIpc) is 2.09. The van der Waals surface area contributed by atoms with Crippen molar-refractivity contribution in [3.63, 3.8) is 0 Å². The summed E-state index contributed by atoms with van der Waals surface area (Å²) in [5.41, 5.74) is -1.24. The first-order chi connectivity index (χ1) is 6.06. The van der Waals surface area contributed by atoms with Crippen molar-refractivity contribution in [2.45, 2.75) is 13.3 Å². The molecule has 0 spiro atoms. The predicted octanol–water partition coefficient (Wildman–Crippen LogP) is 1.43. The first-order valence-electron chi connectivity index (χ1n) is 3.53. The first-order valence-corrected chi connectivity index (χ1v) is 3.53. The zero-order chi connectivity index (χ0) is 10.0. The Morgan fingerprint density at radius 1 is 1.54 bits per heavy atom. The van der Waals surface area contributed by atoms with Gasteiger partial charge in [0.2, 0.25) is 0 Å². The second-order valence-corrected chi connectivity index (χ2v) is 2.55. The smallest absolute Gasteiger partial charge is 0.264 e. The summed E-state index contributed by atoms with van der Waals surface area (Å²) in [7, 11) is 0. The summed E-state index contributed by atoms with van der Waals surface area (Å²) in [5, 5.41) is 0. The largest absolute Gasteiger partial charge is 0.319 e. The normalized spacial score (nSPS) is 10.5. The molecule has 1 aromatic heterocycles. The molecule has 1 heterocycles. The van der Waals surface area contributed by atoms with Crippen molar-refractivity contribution < 1.29 is 13.6 Å². The van der Waals surface area contributed by atoms with Gasteiger partial charge in [-0.05, 0) is 13.0 Å². The molecule has 0 atom stereocenters. The number of rotatable bonds is 2. The van der Waals surface area contributed by atoms with Crippen LogP contribution in [0.4, 0.5) is 8.78 Å². The summed E-state index contributed by atoms with van der Waals surface area (Å²) in [6.07, 6.45) is -2.41. The molecule has 70 valence electrons. The molecule has 0 saturated carbocycles. The van der Waals surface area contributed by atoms with Gasteiger partial charge in [0.15, 0.2) is 6.29 Å². The lowest BCUT2D eigenvalue weighted by Crippen LogP contribution is -2.14. The predicted molar refractivity (Wildman–Crippen MR) is 42.1 cm³/mol. The van der Waals surface area contributed by atoms with Crippen LogP contribution in [0, 0.1) is 6.92 Å². The standard InChI is InChI=1S/C8H7F2NO2/c1-4-6(7(9)10)2-5(3-12)11-8(4)13/h2-3,7H,1H3,(H,11,13). The van der Waals surface area contributed by atoms with Crippen molar-refractivity contribution in [2.75, 3.05) is 0 Å². The van der Waals surface area contributed by atoms with Gasteiger partial charge >= 0.3 is 0 Å². The fourth-order valence-electron chi connectivity index (χ4n) is 0.958. The van der Waals surface area contributed by atoms with Crippen molar-refractivity contribution in [3.05, 3.63) is 33.2 Å². The third-order valence-electron chi connectivity index (χ3n) is 1.70. The summed E-state index contributed by atoms with van der Waals surface area (Å²) < 4.78 is 24.5. The van der Waals surface area contributed by atoms with Gasteiger partial charge in [-0.1, -0.05) is 0 Å². The van der Waals surface area contributed by atoms with Crippen LogP contribution in [0.2, 0.25) is 0 Å². The van der Waals surface area contributed by atoms with Crippen LogP contribution < -0.4 is 5.56 Å². The van der Waals surface area contributed by atoms with E-state index in [2.05, 4.69) is 4.98 Å². The number of hydrogen-bond donors (Lipinski definition) is 1. The highest BCUT2D eigenvalue weighted by Crippen LogP contribution is 2.19. The van der Waals surface area contributed by atoms with Crippen molar-refractivity contribution in [1.29, 1.82) is 0 Å². The third-order valence-corrected chi connectivity index (χ3v) is 1.70. The Kier molecular flexibility index (Phi) is 2.55. The fourth-order valence-corrected chi connectivity index (χ4v) is 0.958. The molecule has 0 bridgehead atoms. The molecule has 13 heavy (non-hydrogen) atoms. The van der Waals surface area contributed by atoms with E-state index in [4.69, 9.17) is 0 Å². The molecule has 1 N–H and O–H groups in total. The van der Waals surface area contributed by atoms with Crippen LogP contribution in [0.15, 0.2) is 10.9 Å². The molecule has 5 heteroatoms. The number of halogens is 2. The van der Waals surface area contributed by atoms with E-state index in [0.717, 1.165) is 6.07 Å². The van der Waals surface area contributed by atoms with E-state index in [1.54, 1.807) is 0 Å². The molecule has 0 fully saturated rings. The summed E-state index contributed by atoms with van der Waals surface area (Å²) in [6.45, 7) is 1.29. The number of hydrogen-bond acceptors (Lipinski definition) is 2. The van der Waals surface area contributed by atoms with E-state index in [9.17, 15) is 18.4 Å². The van der Waals surface area contributed by atoms with Gasteiger partial charge in [0, 0.05) is 11.1 Å². The first kappa shape index (κ1) is 9.57. The van der Waals surface area contributed by atoms with E-state index >= 15 is 0 Å². The molecule has 0 unspecified atom stereocenters. The molecule has 0 aliphatic carbocycles. The molecular formula is C8H7F2NO2. The van der Waals surface area contributed by atoms with Gasteiger partial charge in [-0.15, -0.1) is 0 Å². The lowest BCUT2D eigenvalue weighted by molar-refractivity contribution is 0.111. The summed E-state index contributed by atoms with van der Waals surface area (Å²) in [4.78, 5) is 23.4. The Balaban J connectivity index is 3.41. The zero-order valence-electron chi connectivity index (χ0n) is 6.80. The highest BCUT2D eigenvalue weighted by molar-refractivity contribution is 5.72. The van der Waals surface area contributed by atoms with Crippen LogP contribution in [0.3, 0.4) is 0 Å². The Bertz CT molecular complexity index is 384. The minimum atomic E-state index is -2.74. The number of alkyl halides is 2. The molecule has 1 aromatic rings. The van der Waals surface area contributed by atoms with Crippen molar-refractivity contribution >= 4 is 6.29 Å². The Morgan fingerprint density at radius 2 is 2.15 bits per heavy atom. The molecule has 0 radical (unpaired) electrons. The number of carbonyl (C=O) groups excluding carboxylic acids is 1. The van der Waals surface area contributed by atoms with Crippen LogP contribution in [-0.4, -0.2) is 11.3 Å². The number of H-pyrrole nitrogens is 1. The third kappa shape index (κ3) is 1.80. The highest BCUT2D eigenvalue weighted by atomic mass is 19.3. The van der Waals surface area contributed by atoms with Crippen LogP contribution in [-0.2, 0) is 0 Å². The summed E-state index contributed by atoms with van der Waals surface area (Å²) >= 11 is 0. The average molecular weight is 187 g/mol. The maximum atomic E-state index is 12.3. The number of carbonyl (C=O) groups is 1. The van der Waals surface area contributed by atoms with Crippen LogP contribution in [0.5, 0.6) is 0 Å². The van der Waals surface area contributed by atoms with Crippen LogP contribution >= 0.6 is 0 Å². The number of aldehydes is 1. The molecule has 0 aliphatic heterocycles. The van der Waals surface area contributed by atoms with E-state index in [0.29, 0.717) is 6.29 Å². The van der Waals surface area contributed by atoms with Gasteiger partial charge in [-0.25, -0.2) is 8.78 Å². The topological polar surface area (TPSA) is 49.9 Å². The van der Waals surface area contributed by atoms with Crippen molar-refractivity contribution in [2.24, 2.45) is 0 Å². The van der Waals surface area contributed by atoms with Gasteiger partial charge in [0.05, 0.1) is 5.69 Å². The fraction of sp³-hybridized carbons (Fsp3) is 0.250. The molecule has 0 aromatic carbocycles. The number of pyridine rings is 1. The maximum Gasteiger partial charge on any atom is 0.264 e. The molecule has 3 nitrogen and oxygen atoms in total. The molecule has 0 amide bonds. The molecular weight excluding hydrogens is 180 g/mol. The second kappa shape index (κ2) is 3.47. The van der Waals surface area contributed by atoms with Crippen molar-refractivity contribution in [1.82, 2.24) is 4.98 Å². The van der Waals surface area contributed by atoms with Gasteiger partial charge in [0.1, 0.15) is 0 Å². The summed E-state index contributed by atoms with van der Waals surface area (Å²) in [6, 6.07) is 0.981. The van der Waals surface area contributed by atoms with Crippen molar-refractivity contribution in [3.8, 4) is 0 Å². The van der Waals surface area contributed by atoms with E-state index in [-0.39, 0.29) is 11.3 Å². The van der Waals surface area contributed by atoms with Gasteiger partial charge in [0.25, 0.3) is 12.0 Å². The minimum Gasteiger partial charge on any atom is -0.319 e.